The highest BCUT2D eigenvalue weighted by Crippen LogP contribution is 2.19. The van der Waals surface area contributed by atoms with Crippen molar-refractivity contribution in [2.75, 3.05) is 5.32 Å². The number of aryl methyl sites for hydroxylation is 1. The van der Waals surface area contributed by atoms with Gasteiger partial charge < -0.3 is 10.6 Å². The van der Waals surface area contributed by atoms with E-state index in [4.69, 9.17) is 0 Å². The van der Waals surface area contributed by atoms with Crippen LogP contribution in [0.2, 0.25) is 0 Å². The SMILES string of the molecule is O=C(Nc1ccc(-c2ccn[nH]2)cc1)NC1CCc2ncnn2C1. The fourth-order valence-corrected chi connectivity index (χ4v) is 2.86. The van der Waals surface area contributed by atoms with Gasteiger partial charge in [-0.1, -0.05) is 12.1 Å². The van der Waals surface area contributed by atoms with Gasteiger partial charge in [-0.25, -0.2) is 14.5 Å². The third-order valence-electron chi connectivity index (χ3n) is 4.10. The standard InChI is InChI=1S/C16H17N7O/c24-16(21-13-5-6-15-17-10-19-23(15)9-13)20-12-3-1-11(2-4-12)14-7-8-18-22-14/h1-4,7-8,10,13H,5-6,9H2,(H,18,22)(H2,20,21,24). The van der Waals surface area contributed by atoms with E-state index in [1.165, 1.54) is 0 Å². The summed E-state index contributed by atoms with van der Waals surface area (Å²) >= 11 is 0. The fourth-order valence-electron chi connectivity index (χ4n) is 2.86. The minimum Gasteiger partial charge on any atom is -0.333 e. The van der Waals surface area contributed by atoms with E-state index < -0.39 is 0 Å². The number of amides is 2. The molecule has 1 aromatic carbocycles. The van der Waals surface area contributed by atoms with Crippen LogP contribution in [0.5, 0.6) is 0 Å². The summed E-state index contributed by atoms with van der Waals surface area (Å²) in [4.78, 5) is 16.3. The molecule has 0 radical (unpaired) electrons. The van der Waals surface area contributed by atoms with Gasteiger partial charge in [0.15, 0.2) is 0 Å². The van der Waals surface area contributed by atoms with Crippen LogP contribution in [0, 0.1) is 0 Å². The molecule has 3 heterocycles. The number of benzene rings is 1. The van der Waals surface area contributed by atoms with Crippen LogP contribution < -0.4 is 10.6 Å². The lowest BCUT2D eigenvalue weighted by molar-refractivity contribution is 0.243. The molecular formula is C16H17N7O. The van der Waals surface area contributed by atoms with Crippen LogP contribution in [-0.2, 0) is 13.0 Å². The minimum atomic E-state index is -0.210. The van der Waals surface area contributed by atoms with Crippen molar-refractivity contribution in [3.63, 3.8) is 0 Å². The summed E-state index contributed by atoms with van der Waals surface area (Å²) in [5, 5.41) is 16.8. The van der Waals surface area contributed by atoms with Gasteiger partial charge in [-0.3, -0.25) is 5.10 Å². The third-order valence-corrected chi connectivity index (χ3v) is 4.10. The highest BCUT2D eigenvalue weighted by Gasteiger charge is 2.21. The fraction of sp³-hybridized carbons (Fsp3) is 0.250. The number of fused-ring (bicyclic) bond motifs is 1. The molecule has 8 heteroatoms. The molecule has 4 rings (SSSR count). The summed E-state index contributed by atoms with van der Waals surface area (Å²) in [5.41, 5.74) is 2.70. The Bertz CT molecular complexity index is 823. The lowest BCUT2D eigenvalue weighted by Gasteiger charge is -2.23. The Morgan fingerprint density at radius 2 is 2.12 bits per heavy atom. The molecule has 122 valence electrons. The molecule has 2 aromatic heterocycles. The Balaban J connectivity index is 1.35. The number of anilines is 1. The van der Waals surface area contributed by atoms with Crippen molar-refractivity contribution in [2.45, 2.75) is 25.4 Å². The molecule has 0 saturated carbocycles. The van der Waals surface area contributed by atoms with E-state index in [2.05, 4.69) is 30.9 Å². The van der Waals surface area contributed by atoms with Gasteiger partial charge >= 0.3 is 6.03 Å². The normalized spacial score (nSPS) is 16.4. The molecular weight excluding hydrogens is 306 g/mol. The zero-order chi connectivity index (χ0) is 16.4. The molecule has 3 N–H and O–H groups in total. The number of carbonyl (C=O) groups is 1. The smallest absolute Gasteiger partial charge is 0.319 e. The first-order chi connectivity index (χ1) is 11.8. The van der Waals surface area contributed by atoms with Crippen molar-refractivity contribution in [1.29, 1.82) is 0 Å². The lowest BCUT2D eigenvalue weighted by Crippen LogP contribution is -2.43. The Morgan fingerprint density at radius 1 is 1.25 bits per heavy atom. The average molecular weight is 323 g/mol. The number of aromatic nitrogens is 5. The summed E-state index contributed by atoms with van der Waals surface area (Å²) < 4.78 is 1.84. The average Bonchev–Trinajstić information content (AvgIpc) is 3.26. The molecule has 3 aromatic rings. The lowest BCUT2D eigenvalue weighted by atomic mass is 10.1. The van der Waals surface area contributed by atoms with E-state index >= 15 is 0 Å². The second kappa shape index (κ2) is 6.15. The Morgan fingerprint density at radius 3 is 2.92 bits per heavy atom. The maximum atomic E-state index is 12.2. The predicted octanol–water partition coefficient (Wildman–Crippen LogP) is 1.80. The van der Waals surface area contributed by atoms with Crippen LogP contribution in [0.3, 0.4) is 0 Å². The molecule has 8 nitrogen and oxygen atoms in total. The molecule has 0 bridgehead atoms. The molecule has 24 heavy (non-hydrogen) atoms. The summed E-state index contributed by atoms with van der Waals surface area (Å²) in [6, 6.07) is 9.35. The van der Waals surface area contributed by atoms with Crippen LogP contribution >= 0.6 is 0 Å². The second-order valence-electron chi connectivity index (χ2n) is 5.74. The minimum absolute atomic E-state index is 0.0588. The number of H-pyrrole nitrogens is 1. The van der Waals surface area contributed by atoms with E-state index in [0.717, 1.165) is 35.6 Å². The van der Waals surface area contributed by atoms with E-state index in [1.54, 1.807) is 12.5 Å². The Kier molecular flexibility index (Phi) is 3.70. The van der Waals surface area contributed by atoms with Gasteiger partial charge in [-0.2, -0.15) is 10.2 Å². The van der Waals surface area contributed by atoms with E-state index in [0.29, 0.717) is 6.54 Å². The van der Waals surface area contributed by atoms with Crippen LogP contribution in [0.25, 0.3) is 11.3 Å². The molecule has 1 atom stereocenters. The van der Waals surface area contributed by atoms with Crippen molar-refractivity contribution in [3.05, 3.63) is 48.7 Å². The predicted molar refractivity (Wildman–Crippen MR) is 88.3 cm³/mol. The number of hydrogen-bond acceptors (Lipinski definition) is 4. The first-order valence-electron chi connectivity index (χ1n) is 7.82. The number of nitrogens with one attached hydrogen (secondary N) is 3. The van der Waals surface area contributed by atoms with Crippen LogP contribution in [-0.4, -0.2) is 37.0 Å². The Hall–Kier alpha value is -3.16. The number of urea groups is 1. The number of carbonyl (C=O) groups excluding carboxylic acids is 1. The van der Waals surface area contributed by atoms with E-state index in [-0.39, 0.29) is 12.1 Å². The number of rotatable bonds is 3. The Labute approximate surface area is 138 Å². The molecule has 0 fully saturated rings. The molecule has 1 aliphatic rings. The van der Waals surface area contributed by atoms with Crippen molar-refractivity contribution >= 4 is 11.7 Å². The van der Waals surface area contributed by atoms with Gasteiger partial charge in [0.2, 0.25) is 0 Å². The van der Waals surface area contributed by atoms with E-state index in [9.17, 15) is 4.79 Å². The van der Waals surface area contributed by atoms with Crippen molar-refractivity contribution in [1.82, 2.24) is 30.3 Å². The molecule has 1 unspecified atom stereocenters. The van der Waals surface area contributed by atoms with Gasteiger partial charge in [0.1, 0.15) is 12.2 Å². The van der Waals surface area contributed by atoms with Gasteiger partial charge in [0.05, 0.1) is 18.3 Å². The first-order valence-corrected chi connectivity index (χ1v) is 7.82. The highest BCUT2D eigenvalue weighted by atomic mass is 16.2. The van der Waals surface area contributed by atoms with Gasteiger partial charge in [0, 0.05) is 18.3 Å². The van der Waals surface area contributed by atoms with Crippen molar-refractivity contribution < 1.29 is 4.79 Å². The van der Waals surface area contributed by atoms with E-state index in [1.807, 2.05) is 35.0 Å². The summed E-state index contributed by atoms with van der Waals surface area (Å²) in [6.07, 6.45) is 4.95. The zero-order valence-corrected chi connectivity index (χ0v) is 12.9. The van der Waals surface area contributed by atoms with Crippen molar-refractivity contribution in [2.24, 2.45) is 0 Å². The maximum Gasteiger partial charge on any atom is 0.319 e. The number of hydrogen-bond donors (Lipinski definition) is 3. The monoisotopic (exact) mass is 323 g/mol. The number of aromatic amines is 1. The third kappa shape index (κ3) is 2.98. The molecule has 0 aliphatic carbocycles. The maximum absolute atomic E-state index is 12.2. The quantitative estimate of drug-likeness (QED) is 0.684. The molecule has 0 spiro atoms. The van der Waals surface area contributed by atoms with Gasteiger partial charge in [-0.05, 0) is 30.2 Å². The number of nitrogens with zero attached hydrogens (tertiary/aromatic N) is 4. The van der Waals surface area contributed by atoms with Crippen LogP contribution in [0.1, 0.15) is 12.2 Å². The van der Waals surface area contributed by atoms with Gasteiger partial charge in [-0.15, -0.1) is 0 Å². The van der Waals surface area contributed by atoms with Crippen molar-refractivity contribution in [3.8, 4) is 11.3 Å². The second-order valence-corrected chi connectivity index (χ2v) is 5.74. The van der Waals surface area contributed by atoms with Crippen LogP contribution in [0.4, 0.5) is 10.5 Å². The summed E-state index contributed by atoms with van der Waals surface area (Å²) in [5.74, 6) is 0.975. The zero-order valence-electron chi connectivity index (χ0n) is 12.9. The topological polar surface area (TPSA) is 101 Å². The summed E-state index contributed by atoms with van der Waals surface area (Å²) in [6.45, 7) is 0.654. The molecule has 2 amide bonds. The molecule has 1 aliphatic heterocycles. The summed E-state index contributed by atoms with van der Waals surface area (Å²) in [7, 11) is 0. The first kappa shape index (κ1) is 14.4. The molecule has 0 saturated heterocycles. The van der Waals surface area contributed by atoms with Gasteiger partial charge in [0.25, 0.3) is 0 Å². The highest BCUT2D eigenvalue weighted by molar-refractivity contribution is 5.89. The van der Waals surface area contributed by atoms with Crippen LogP contribution in [0.15, 0.2) is 42.9 Å². The largest absolute Gasteiger partial charge is 0.333 e.